The Morgan fingerprint density at radius 3 is 2.77 bits per heavy atom. The predicted molar refractivity (Wildman–Crippen MR) is 155 cm³/mol. The van der Waals surface area contributed by atoms with Crippen LogP contribution < -0.4 is 15.4 Å². The van der Waals surface area contributed by atoms with Gasteiger partial charge in [0.1, 0.15) is 46.8 Å². The molecule has 0 unspecified atom stereocenters. The van der Waals surface area contributed by atoms with Crippen LogP contribution in [0.3, 0.4) is 0 Å². The van der Waals surface area contributed by atoms with E-state index in [9.17, 15) is 12.8 Å². The first kappa shape index (κ1) is 29.4. The lowest BCUT2D eigenvalue weighted by atomic mass is 10.0. The zero-order chi connectivity index (χ0) is 28.4. The molecule has 212 valence electrons. The van der Waals surface area contributed by atoms with Gasteiger partial charge in [0.25, 0.3) is 0 Å². The van der Waals surface area contributed by atoms with Gasteiger partial charge >= 0.3 is 0 Å². The van der Waals surface area contributed by atoms with Crippen LogP contribution in [0.5, 0.6) is 5.75 Å². The van der Waals surface area contributed by atoms with Gasteiger partial charge in [0.05, 0.1) is 22.2 Å². The molecule has 1 aromatic heterocycles. The van der Waals surface area contributed by atoms with Crippen molar-refractivity contribution in [1.29, 1.82) is 0 Å². The summed E-state index contributed by atoms with van der Waals surface area (Å²) in [5.74, 6) is 0.936. The largest absolute Gasteiger partial charge is 0.487 e. The molecule has 0 fully saturated rings. The van der Waals surface area contributed by atoms with Crippen molar-refractivity contribution in [3.8, 4) is 5.75 Å². The Bertz CT molecular complexity index is 1480. The fourth-order valence-electron chi connectivity index (χ4n) is 3.88. The first-order valence-electron chi connectivity index (χ1n) is 12.8. The molecule has 2 N–H and O–H groups in total. The molecule has 2 aromatic carbocycles. The maximum Gasteiger partial charge on any atom is 0.148 e. The van der Waals surface area contributed by atoms with Crippen LogP contribution in [0, 0.1) is 5.82 Å². The van der Waals surface area contributed by atoms with E-state index in [1.165, 1.54) is 24.7 Å². The highest BCUT2D eigenvalue weighted by molar-refractivity contribution is 7.90. The highest BCUT2D eigenvalue weighted by Crippen LogP contribution is 2.31. The second kappa shape index (κ2) is 14.2. The molecule has 3 aromatic rings. The monoisotopic (exact) mass is 587 g/mol. The van der Waals surface area contributed by atoms with E-state index in [2.05, 4.69) is 25.8 Å². The number of benzene rings is 2. The summed E-state index contributed by atoms with van der Waals surface area (Å²) in [4.78, 5) is 14.3. The van der Waals surface area contributed by atoms with E-state index in [-0.39, 0.29) is 18.2 Å². The number of rotatable bonds is 14. The van der Waals surface area contributed by atoms with Gasteiger partial charge in [0.15, 0.2) is 0 Å². The molecule has 1 aliphatic carbocycles. The third-order valence-corrected chi connectivity index (χ3v) is 7.16. The molecule has 0 radical (unpaired) electrons. The molecule has 0 saturated heterocycles. The van der Waals surface area contributed by atoms with E-state index in [0.29, 0.717) is 41.7 Å². The molecule has 0 spiro atoms. The number of hydrogen-bond acceptors (Lipinski definition) is 9. The third kappa shape index (κ3) is 9.29. The Balaban J connectivity index is 1.28. The molecule has 12 heteroatoms. The molecule has 40 heavy (non-hydrogen) atoms. The number of ether oxygens (including phenoxy) is 1. The van der Waals surface area contributed by atoms with Gasteiger partial charge in [-0.15, -0.1) is 0 Å². The Morgan fingerprint density at radius 1 is 1.10 bits per heavy atom. The summed E-state index contributed by atoms with van der Waals surface area (Å²) in [7, 11) is -2.94. The molecule has 1 heterocycles. The van der Waals surface area contributed by atoms with Crippen molar-refractivity contribution in [2.24, 2.45) is 5.16 Å². The highest BCUT2D eigenvalue weighted by atomic mass is 35.5. The lowest BCUT2D eigenvalue weighted by molar-refractivity contribution is 0.140. The van der Waals surface area contributed by atoms with Crippen LogP contribution in [0.1, 0.15) is 29.7 Å². The van der Waals surface area contributed by atoms with Crippen LogP contribution in [-0.4, -0.2) is 55.8 Å². The Hall–Kier alpha value is -3.54. The number of oxime groups is 1. The van der Waals surface area contributed by atoms with Crippen molar-refractivity contribution in [1.82, 2.24) is 15.3 Å². The van der Waals surface area contributed by atoms with E-state index in [4.69, 9.17) is 21.2 Å². The van der Waals surface area contributed by atoms with Gasteiger partial charge in [0.2, 0.25) is 0 Å². The minimum absolute atomic E-state index is 0.135. The smallest absolute Gasteiger partial charge is 0.148 e. The van der Waals surface area contributed by atoms with E-state index < -0.39 is 9.84 Å². The summed E-state index contributed by atoms with van der Waals surface area (Å²) >= 11 is 6.45. The van der Waals surface area contributed by atoms with Gasteiger partial charge in [-0.05, 0) is 67.4 Å². The molecule has 0 amide bonds. The minimum atomic E-state index is -2.94. The van der Waals surface area contributed by atoms with Crippen LogP contribution in [0.2, 0.25) is 5.02 Å². The summed E-state index contributed by atoms with van der Waals surface area (Å²) < 4.78 is 41.4. The fraction of sp³-hybridized carbons (Fsp3) is 0.321. The molecule has 0 bridgehead atoms. The van der Waals surface area contributed by atoms with Crippen molar-refractivity contribution in [3.05, 3.63) is 82.5 Å². The van der Waals surface area contributed by atoms with Crippen molar-refractivity contribution in [2.75, 3.05) is 37.0 Å². The summed E-state index contributed by atoms with van der Waals surface area (Å²) in [6.45, 7) is 1.83. The second-order valence-corrected chi connectivity index (χ2v) is 12.0. The van der Waals surface area contributed by atoms with E-state index in [0.717, 1.165) is 42.0 Å². The number of nitrogens with one attached hydrogen (secondary N) is 2. The maximum absolute atomic E-state index is 13.4. The molecular weight excluding hydrogens is 557 g/mol. The summed E-state index contributed by atoms with van der Waals surface area (Å²) in [6, 6.07) is 11.5. The number of allylic oxidation sites excluding steroid dienone is 1. The predicted octanol–water partition coefficient (Wildman–Crippen LogP) is 4.95. The summed E-state index contributed by atoms with van der Waals surface area (Å²) in [5.41, 5.74) is 3.84. The SMILES string of the molecule is CS(=O)(=O)CCNCCCCON=C1C=Cc2ncnc(Nc3ccc(OCc4cccc(F)c4)c(Cl)c3)c2C1. The van der Waals surface area contributed by atoms with Crippen LogP contribution in [-0.2, 0) is 27.7 Å². The highest BCUT2D eigenvalue weighted by Gasteiger charge is 2.17. The van der Waals surface area contributed by atoms with Crippen LogP contribution in [0.25, 0.3) is 6.08 Å². The molecule has 0 saturated carbocycles. The number of halogens is 2. The van der Waals surface area contributed by atoms with Gasteiger partial charge < -0.3 is 20.2 Å². The van der Waals surface area contributed by atoms with Crippen molar-refractivity contribution in [2.45, 2.75) is 25.9 Å². The number of unbranched alkanes of at least 4 members (excludes halogenated alkanes) is 1. The quantitative estimate of drug-likeness (QED) is 0.201. The molecule has 9 nitrogen and oxygen atoms in total. The van der Waals surface area contributed by atoms with Crippen molar-refractivity contribution >= 4 is 44.7 Å². The average molecular weight is 588 g/mol. The molecular formula is C28H31ClFN5O4S. The summed E-state index contributed by atoms with van der Waals surface area (Å²) in [5, 5.41) is 11.1. The van der Waals surface area contributed by atoms with E-state index in [1.54, 1.807) is 24.3 Å². The van der Waals surface area contributed by atoms with E-state index >= 15 is 0 Å². The molecule has 0 aliphatic heterocycles. The number of sulfone groups is 1. The van der Waals surface area contributed by atoms with Gasteiger partial charge in [-0.1, -0.05) is 28.9 Å². The summed E-state index contributed by atoms with van der Waals surface area (Å²) in [6.07, 6.45) is 8.60. The van der Waals surface area contributed by atoms with Crippen LogP contribution in [0.4, 0.5) is 15.9 Å². The molecule has 1 aliphatic rings. The Kier molecular flexibility index (Phi) is 10.5. The zero-order valence-corrected chi connectivity index (χ0v) is 23.6. The lowest BCUT2D eigenvalue weighted by Gasteiger charge is -2.16. The first-order chi connectivity index (χ1) is 19.3. The van der Waals surface area contributed by atoms with Crippen LogP contribution >= 0.6 is 11.6 Å². The van der Waals surface area contributed by atoms with E-state index in [1.807, 2.05) is 18.2 Å². The number of fused-ring (bicyclic) bond motifs is 1. The van der Waals surface area contributed by atoms with Gasteiger partial charge in [-0.3, -0.25) is 0 Å². The van der Waals surface area contributed by atoms with Crippen LogP contribution in [0.15, 0.2) is 60.0 Å². The van der Waals surface area contributed by atoms with Gasteiger partial charge in [-0.25, -0.2) is 22.8 Å². The zero-order valence-electron chi connectivity index (χ0n) is 22.1. The molecule has 4 rings (SSSR count). The standard InChI is InChI=1S/C28H31ClFN5O4S/c1-40(36,37)14-12-31-11-2-3-13-39-35-23-7-9-26-24(16-23)28(33-19-32-26)34-22-8-10-27(25(29)17-22)38-18-20-5-4-6-21(30)15-20/h4-10,15,17,19,31H,2-3,11-14,16,18H2,1H3,(H,32,33,34). The first-order valence-corrected chi connectivity index (χ1v) is 15.2. The third-order valence-electron chi connectivity index (χ3n) is 5.92. The Labute approximate surface area is 238 Å². The van der Waals surface area contributed by atoms with Crippen molar-refractivity contribution in [3.63, 3.8) is 0 Å². The topological polar surface area (TPSA) is 115 Å². The van der Waals surface area contributed by atoms with Gasteiger partial charge in [0, 0.05) is 30.5 Å². The minimum Gasteiger partial charge on any atom is -0.487 e. The van der Waals surface area contributed by atoms with Crippen molar-refractivity contribution < 1.29 is 22.4 Å². The number of hydrogen-bond donors (Lipinski definition) is 2. The maximum atomic E-state index is 13.4. The number of aromatic nitrogens is 2. The number of anilines is 2. The number of nitrogens with zero attached hydrogens (tertiary/aromatic N) is 3. The Morgan fingerprint density at radius 2 is 1.98 bits per heavy atom. The lowest BCUT2D eigenvalue weighted by Crippen LogP contribution is -2.23. The second-order valence-electron chi connectivity index (χ2n) is 9.29. The fourth-order valence-corrected chi connectivity index (χ4v) is 4.63. The molecule has 0 atom stereocenters. The average Bonchev–Trinajstić information content (AvgIpc) is 2.91. The normalized spacial score (nSPS) is 13.7. The van der Waals surface area contributed by atoms with Gasteiger partial charge in [-0.2, -0.15) is 0 Å².